The van der Waals surface area contributed by atoms with Crippen LogP contribution >= 0.6 is 11.8 Å². The topological polar surface area (TPSA) is 87.3 Å². The number of thioether (sulfide) groups is 1. The normalized spacial score (nSPS) is 18.5. The minimum absolute atomic E-state index is 0.176. The first-order valence-electron chi connectivity index (χ1n) is 9.25. The number of hydrogen-bond acceptors (Lipinski definition) is 7. The van der Waals surface area contributed by atoms with Crippen LogP contribution in [0.1, 0.15) is 42.0 Å². The number of ketones is 1. The molecule has 7 heteroatoms. The molecule has 2 N–H and O–H groups in total. The average molecular weight is 398 g/mol. The molecular weight excluding hydrogens is 374 g/mol. The summed E-state index contributed by atoms with van der Waals surface area (Å²) in [6, 6.07) is 5.72. The zero-order chi connectivity index (χ0) is 19.8. The second-order valence-electron chi connectivity index (χ2n) is 6.94. The number of allylic oxidation sites excluding steroid dienone is 2. The molecule has 0 saturated heterocycles. The number of fused-ring (bicyclic) bond motifs is 1. The molecular formula is C21H23N3O3S. The van der Waals surface area contributed by atoms with Crippen molar-refractivity contribution in [2.75, 3.05) is 26.2 Å². The Morgan fingerprint density at radius 2 is 2.00 bits per heavy atom. The van der Waals surface area contributed by atoms with Crippen molar-refractivity contribution in [3.63, 3.8) is 0 Å². The summed E-state index contributed by atoms with van der Waals surface area (Å²) < 4.78 is 11.2. The van der Waals surface area contributed by atoms with Crippen LogP contribution in [0, 0.1) is 0 Å². The third-order valence-electron chi connectivity index (χ3n) is 5.48. The van der Waals surface area contributed by atoms with E-state index in [-0.39, 0.29) is 11.7 Å². The number of nitrogen functional groups attached to an aromatic ring is 1. The molecule has 1 atom stereocenters. The van der Waals surface area contributed by atoms with Gasteiger partial charge in [0.25, 0.3) is 0 Å². The summed E-state index contributed by atoms with van der Waals surface area (Å²) >= 11 is 1.47. The number of nitrogens with zero attached hydrogens (tertiary/aromatic N) is 2. The van der Waals surface area contributed by atoms with Crippen LogP contribution in [-0.2, 0) is 11.2 Å². The third kappa shape index (κ3) is 2.94. The molecule has 0 saturated carbocycles. The minimum atomic E-state index is -0.340. The van der Waals surface area contributed by atoms with Gasteiger partial charge >= 0.3 is 0 Å². The highest BCUT2D eigenvalue weighted by Gasteiger charge is 2.39. The van der Waals surface area contributed by atoms with Gasteiger partial charge in [-0.2, -0.15) is 0 Å². The lowest BCUT2D eigenvalue weighted by Gasteiger charge is -2.34. The second-order valence-corrected chi connectivity index (χ2v) is 7.72. The van der Waals surface area contributed by atoms with Crippen molar-refractivity contribution in [1.82, 2.24) is 9.97 Å². The quantitative estimate of drug-likeness (QED) is 0.624. The third-order valence-corrected chi connectivity index (χ3v) is 6.03. The number of carbonyl (C=O) groups excluding carboxylic acids is 1. The summed E-state index contributed by atoms with van der Waals surface area (Å²) in [5.74, 6) is 1.50. The number of rotatable bonds is 4. The predicted octanol–water partition coefficient (Wildman–Crippen LogP) is 3.54. The maximum absolute atomic E-state index is 13.0. The van der Waals surface area contributed by atoms with E-state index in [1.54, 1.807) is 14.2 Å². The number of nitrogens with two attached hydrogens (primary N) is 1. The van der Waals surface area contributed by atoms with Gasteiger partial charge in [0.05, 0.1) is 19.9 Å². The summed E-state index contributed by atoms with van der Waals surface area (Å²) in [6.45, 7) is 0. The molecule has 2 aromatic rings. The van der Waals surface area contributed by atoms with Gasteiger partial charge < -0.3 is 15.2 Å². The predicted molar refractivity (Wildman–Crippen MR) is 109 cm³/mol. The van der Waals surface area contributed by atoms with Crippen LogP contribution in [0.4, 0.5) is 5.82 Å². The standard InChI is InChI=1S/C21H23N3O3S/c1-26-15-9-5-7-12(19(15)27-2)17-16-11(6-4-8-14(16)25)10-13-18(17)20(22)24-21(23-13)28-3/h5,7,9,17H,4,6,8,10H2,1-3H3,(H2,22,23,24). The van der Waals surface area contributed by atoms with Crippen LogP contribution in [0.15, 0.2) is 34.5 Å². The fraction of sp³-hybridized carbons (Fsp3) is 0.381. The Labute approximate surface area is 168 Å². The molecule has 6 nitrogen and oxygen atoms in total. The SMILES string of the molecule is COc1cccc(C2C3=C(CCCC3=O)Cc3nc(SC)nc(N)c32)c1OC. The highest BCUT2D eigenvalue weighted by atomic mass is 32.2. The van der Waals surface area contributed by atoms with Gasteiger partial charge in [0.2, 0.25) is 0 Å². The molecule has 0 fully saturated rings. The van der Waals surface area contributed by atoms with Crippen LogP contribution in [0.25, 0.3) is 0 Å². The maximum atomic E-state index is 13.0. The summed E-state index contributed by atoms with van der Waals surface area (Å²) in [7, 11) is 3.22. The molecule has 146 valence electrons. The molecule has 0 bridgehead atoms. The zero-order valence-electron chi connectivity index (χ0n) is 16.2. The minimum Gasteiger partial charge on any atom is -0.493 e. The van der Waals surface area contributed by atoms with Crippen molar-refractivity contribution < 1.29 is 14.3 Å². The van der Waals surface area contributed by atoms with Crippen LogP contribution in [0.3, 0.4) is 0 Å². The Morgan fingerprint density at radius 3 is 2.71 bits per heavy atom. The summed E-state index contributed by atoms with van der Waals surface area (Å²) in [6.07, 6.45) is 4.92. The first kappa shape index (κ1) is 18.8. The Balaban J connectivity index is 2.02. The molecule has 0 radical (unpaired) electrons. The molecule has 1 aromatic carbocycles. The van der Waals surface area contributed by atoms with Gasteiger partial charge in [0, 0.05) is 35.5 Å². The molecule has 0 amide bonds. The van der Waals surface area contributed by atoms with Gasteiger partial charge in [-0.3, -0.25) is 4.79 Å². The van der Waals surface area contributed by atoms with Crippen molar-refractivity contribution in [1.29, 1.82) is 0 Å². The molecule has 4 rings (SSSR count). The van der Waals surface area contributed by atoms with Crippen molar-refractivity contribution in [3.8, 4) is 11.5 Å². The van der Waals surface area contributed by atoms with Crippen LogP contribution in [-0.4, -0.2) is 36.2 Å². The van der Waals surface area contributed by atoms with Gasteiger partial charge in [0.1, 0.15) is 5.82 Å². The van der Waals surface area contributed by atoms with Gasteiger partial charge in [-0.15, -0.1) is 0 Å². The number of para-hydroxylation sites is 1. The number of carbonyl (C=O) groups is 1. The maximum Gasteiger partial charge on any atom is 0.189 e. The van der Waals surface area contributed by atoms with Crippen molar-refractivity contribution in [3.05, 3.63) is 46.2 Å². The van der Waals surface area contributed by atoms with Crippen molar-refractivity contribution in [2.45, 2.75) is 36.8 Å². The lowest BCUT2D eigenvalue weighted by Crippen LogP contribution is -2.27. The van der Waals surface area contributed by atoms with E-state index in [1.165, 1.54) is 11.8 Å². The van der Waals surface area contributed by atoms with E-state index in [0.717, 1.165) is 40.8 Å². The Hall–Kier alpha value is -2.54. The highest BCUT2D eigenvalue weighted by molar-refractivity contribution is 7.98. The lowest BCUT2D eigenvalue weighted by atomic mass is 9.71. The van der Waals surface area contributed by atoms with E-state index in [2.05, 4.69) is 4.98 Å². The molecule has 1 heterocycles. The number of aromatic nitrogens is 2. The molecule has 0 spiro atoms. The van der Waals surface area contributed by atoms with Gasteiger partial charge in [0.15, 0.2) is 22.4 Å². The van der Waals surface area contributed by atoms with E-state index in [9.17, 15) is 4.79 Å². The molecule has 1 aromatic heterocycles. The van der Waals surface area contributed by atoms with Crippen molar-refractivity contribution >= 4 is 23.4 Å². The van der Waals surface area contributed by atoms with E-state index >= 15 is 0 Å². The largest absolute Gasteiger partial charge is 0.493 e. The van der Waals surface area contributed by atoms with Crippen LogP contribution in [0.2, 0.25) is 0 Å². The molecule has 0 aliphatic heterocycles. The summed E-state index contributed by atoms with van der Waals surface area (Å²) in [4.78, 5) is 22.2. The number of benzene rings is 1. The average Bonchev–Trinajstić information content (AvgIpc) is 2.71. The highest BCUT2D eigenvalue weighted by Crippen LogP contribution is 2.49. The number of methoxy groups -OCH3 is 2. The fourth-order valence-corrected chi connectivity index (χ4v) is 4.72. The van der Waals surface area contributed by atoms with E-state index in [1.807, 2.05) is 24.5 Å². The van der Waals surface area contributed by atoms with Crippen molar-refractivity contribution in [2.24, 2.45) is 0 Å². The summed E-state index contributed by atoms with van der Waals surface area (Å²) in [5, 5.41) is 0.652. The molecule has 2 aliphatic rings. The van der Waals surface area contributed by atoms with Gasteiger partial charge in [-0.25, -0.2) is 9.97 Å². The number of hydrogen-bond donors (Lipinski definition) is 1. The second kappa shape index (κ2) is 7.47. The Kier molecular flexibility index (Phi) is 5.02. The summed E-state index contributed by atoms with van der Waals surface area (Å²) in [5.41, 5.74) is 11.0. The lowest BCUT2D eigenvalue weighted by molar-refractivity contribution is -0.116. The fourth-order valence-electron chi connectivity index (χ4n) is 4.33. The van der Waals surface area contributed by atoms with E-state index < -0.39 is 0 Å². The molecule has 28 heavy (non-hydrogen) atoms. The first-order chi connectivity index (χ1) is 13.6. The van der Waals surface area contributed by atoms with E-state index in [4.69, 9.17) is 20.2 Å². The Bertz CT molecular complexity index is 987. The number of anilines is 1. The Morgan fingerprint density at radius 1 is 1.18 bits per heavy atom. The number of Topliss-reactive ketones (excluding diaryl/α,β-unsaturated/α-hetero) is 1. The molecule has 1 unspecified atom stereocenters. The monoisotopic (exact) mass is 397 g/mol. The first-order valence-corrected chi connectivity index (χ1v) is 10.5. The van der Waals surface area contributed by atoms with Gasteiger partial charge in [-0.05, 0) is 25.2 Å². The van der Waals surface area contributed by atoms with E-state index in [0.29, 0.717) is 35.3 Å². The van der Waals surface area contributed by atoms with Crippen LogP contribution in [0.5, 0.6) is 11.5 Å². The zero-order valence-corrected chi connectivity index (χ0v) is 17.1. The smallest absolute Gasteiger partial charge is 0.189 e. The molecule has 2 aliphatic carbocycles. The van der Waals surface area contributed by atoms with Gasteiger partial charge in [-0.1, -0.05) is 29.5 Å². The number of ether oxygens (including phenoxy) is 2. The van der Waals surface area contributed by atoms with Crippen LogP contribution < -0.4 is 15.2 Å².